The highest BCUT2D eigenvalue weighted by molar-refractivity contribution is 14.0. The number of aliphatic imine (C=N–C) groups is 1. The first-order valence-corrected chi connectivity index (χ1v) is 9.40. The maximum atomic E-state index is 13.9. The van der Waals surface area contributed by atoms with Gasteiger partial charge in [-0.1, -0.05) is 5.16 Å². The predicted octanol–water partition coefficient (Wildman–Crippen LogP) is 2.82. The van der Waals surface area contributed by atoms with Crippen LogP contribution in [0.25, 0.3) is 0 Å². The van der Waals surface area contributed by atoms with E-state index >= 15 is 0 Å². The Morgan fingerprint density at radius 3 is 2.93 bits per heavy atom. The van der Waals surface area contributed by atoms with Gasteiger partial charge in [-0.3, -0.25) is 4.99 Å². The van der Waals surface area contributed by atoms with Crippen LogP contribution in [0.15, 0.2) is 27.8 Å². The molecule has 1 unspecified atom stereocenters. The second kappa shape index (κ2) is 10.6. The Morgan fingerprint density at radius 1 is 1.43 bits per heavy atom. The van der Waals surface area contributed by atoms with Gasteiger partial charge < -0.3 is 20.1 Å². The molecular weight excluding hydrogens is 474 g/mol. The highest BCUT2D eigenvalue weighted by Crippen LogP contribution is 2.20. The van der Waals surface area contributed by atoms with Crippen LogP contribution in [0.2, 0.25) is 0 Å². The van der Waals surface area contributed by atoms with E-state index in [0.29, 0.717) is 18.9 Å². The van der Waals surface area contributed by atoms with Gasteiger partial charge in [0, 0.05) is 44.0 Å². The van der Waals surface area contributed by atoms with Crippen molar-refractivity contribution in [1.82, 2.24) is 20.8 Å². The fourth-order valence-electron chi connectivity index (χ4n) is 3.33. The molecule has 154 valence electrons. The summed E-state index contributed by atoms with van der Waals surface area (Å²) in [6.07, 6.45) is 3.32. The molecule has 0 amide bonds. The predicted molar refractivity (Wildman–Crippen MR) is 119 cm³/mol. The van der Waals surface area contributed by atoms with Crippen molar-refractivity contribution >= 4 is 35.8 Å². The summed E-state index contributed by atoms with van der Waals surface area (Å²) in [5.74, 6) is 1.77. The monoisotopic (exact) mass is 502 g/mol. The van der Waals surface area contributed by atoms with E-state index in [-0.39, 0.29) is 35.8 Å². The molecule has 28 heavy (non-hydrogen) atoms. The van der Waals surface area contributed by atoms with Crippen molar-refractivity contribution < 1.29 is 8.91 Å². The van der Waals surface area contributed by atoms with Crippen molar-refractivity contribution in [2.24, 2.45) is 4.99 Å². The summed E-state index contributed by atoms with van der Waals surface area (Å²) in [7, 11) is 0. The number of halogens is 2. The Kier molecular flexibility index (Phi) is 8.46. The molecule has 0 aromatic carbocycles. The second-order valence-corrected chi connectivity index (χ2v) is 6.70. The molecule has 0 spiro atoms. The Hall–Kier alpha value is -1.91. The average Bonchev–Trinajstić information content (AvgIpc) is 3.23. The summed E-state index contributed by atoms with van der Waals surface area (Å²) in [5.41, 5.74) is 2.04. The molecule has 3 heterocycles. The topological polar surface area (TPSA) is 78.6 Å². The number of anilines is 1. The van der Waals surface area contributed by atoms with E-state index in [9.17, 15) is 4.39 Å². The maximum absolute atomic E-state index is 13.9. The molecule has 0 bridgehead atoms. The molecule has 1 fully saturated rings. The average molecular weight is 502 g/mol. The van der Waals surface area contributed by atoms with E-state index in [1.165, 1.54) is 6.07 Å². The lowest BCUT2D eigenvalue weighted by molar-refractivity contribution is 0.392. The SMILES string of the molecule is CCNC(=NCCc1c(C)noc1C)NC1CCN(c2ncccc2F)C1.I. The van der Waals surface area contributed by atoms with Gasteiger partial charge in [-0.25, -0.2) is 9.37 Å². The van der Waals surface area contributed by atoms with Gasteiger partial charge in [-0.05, 0) is 45.7 Å². The minimum absolute atomic E-state index is 0. The standard InChI is InChI=1S/C19H27FN6O.HI/c1-4-21-19(23-10-7-16-13(2)25-27-14(16)3)24-15-8-11-26(12-15)18-17(20)6-5-9-22-18;/h5-6,9,15H,4,7-8,10-12H2,1-3H3,(H2,21,23,24);1H. The summed E-state index contributed by atoms with van der Waals surface area (Å²) in [5, 5.41) is 10.7. The molecule has 2 aromatic heterocycles. The third-order valence-corrected chi connectivity index (χ3v) is 4.72. The minimum atomic E-state index is -0.279. The quantitative estimate of drug-likeness (QED) is 0.360. The normalized spacial score (nSPS) is 16.8. The number of nitrogens with one attached hydrogen (secondary N) is 2. The smallest absolute Gasteiger partial charge is 0.191 e. The van der Waals surface area contributed by atoms with E-state index in [1.807, 2.05) is 25.7 Å². The van der Waals surface area contributed by atoms with Gasteiger partial charge in [0.05, 0.1) is 5.69 Å². The Balaban J connectivity index is 0.00000280. The highest BCUT2D eigenvalue weighted by Gasteiger charge is 2.25. The van der Waals surface area contributed by atoms with Gasteiger partial charge in [0.1, 0.15) is 5.76 Å². The molecule has 0 aliphatic carbocycles. The summed E-state index contributed by atoms with van der Waals surface area (Å²) >= 11 is 0. The maximum Gasteiger partial charge on any atom is 0.191 e. The Morgan fingerprint density at radius 2 is 2.25 bits per heavy atom. The number of pyridine rings is 1. The first-order chi connectivity index (χ1) is 13.1. The molecule has 7 nitrogen and oxygen atoms in total. The lowest BCUT2D eigenvalue weighted by Crippen LogP contribution is -2.44. The van der Waals surface area contributed by atoms with Crippen LogP contribution in [0.4, 0.5) is 10.2 Å². The zero-order valence-corrected chi connectivity index (χ0v) is 18.9. The molecule has 9 heteroatoms. The molecule has 1 atom stereocenters. The van der Waals surface area contributed by atoms with Crippen LogP contribution in [-0.4, -0.2) is 48.3 Å². The van der Waals surface area contributed by atoms with Crippen molar-refractivity contribution in [2.75, 3.05) is 31.1 Å². The van der Waals surface area contributed by atoms with Gasteiger partial charge >= 0.3 is 0 Å². The molecule has 1 aliphatic rings. The first-order valence-electron chi connectivity index (χ1n) is 9.40. The Labute approximate surface area is 182 Å². The molecule has 1 saturated heterocycles. The Bertz CT molecular complexity index is 777. The van der Waals surface area contributed by atoms with Crippen molar-refractivity contribution in [3.8, 4) is 0 Å². The van der Waals surface area contributed by atoms with E-state index in [2.05, 4.69) is 25.8 Å². The highest BCUT2D eigenvalue weighted by atomic mass is 127. The van der Waals surface area contributed by atoms with Crippen LogP contribution in [0, 0.1) is 19.7 Å². The van der Waals surface area contributed by atoms with Crippen LogP contribution in [0.3, 0.4) is 0 Å². The minimum Gasteiger partial charge on any atom is -0.361 e. The summed E-state index contributed by atoms with van der Waals surface area (Å²) in [6, 6.07) is 3.26. The second-order valence-electron chi connectivity index (χ2n) is 6.70. The number of rotatable bonds is 6. The van der Waals surface area contributed by atoms with E-state index in [1.54, 1.807) is 12.3 Å². The van der Waals surface area contributed by atoms with E-state index in [4.69, 9.17) is 4.52 Å². The number of hydrogen-bond donors (Lipinski definition) is 2. The number of guanidine groups is 1. The van der Waals surface area contributed by atoms with Gasteiger partial charge in [-0.2, -0.15) is 0 Å². The number of aryl methyl sites for hydroxylation is 2. The summed E-state index contributed by atoms with van der Waals surface area (Å²) in [4.78, 5) is 10.8. The van der Waals surface area contributed by atoms with Gasteiger partial charge in [0.25, 0.3) is 0 Å². The summed E-state index contributed by atoms with van der Waals surface area (Å²) < 4.78 is 19.1. The third kappa shape index (κ3) is 5.55. The zero-order valence-electron chi connectivity index (χ0n) is 16.5. The van der Waals surface area contributed by atoms with Crippen LogP contribution in [0.5, 0.6) is 0 Å². The third-order valence-electron chi connectivity index (χ3n) is 4.72. The lowest BCUT2D eigenvalue weighted by Gasteiger charge is -2.19. The fourth-order valence-corrected chi connectivity index (χ4v) is 3.33. The molecular formula is C19H28FIN6O. The molecule has 2 aromatic rings. The van der Waals surface area contributed by atoms with E-state index < -0.39 is 0 Å². The molecule has 1 aliphatic heterocycles. The van der Waals surface area contributed by atoms with Crippen LogP contribution in [-0.2, 0) is 6.42 Å². The molecule has 2 N–H and O–H groups in total. The van der Waals surface area contributed by atoms with Crippen LogP contribution in [0.1, 0.15) is 30.4 Å². The zero-order chi connectivity index (χ0) is 19.2. The first kappa shape index (κ1) is 22.4. The molecule has 3 rings (SSSR count). The molecule has 0 saturated carbocycles. The van der Waals surface area contributed by atoms with Crippen molar-refractivity contribution in [1.29, 1.82) is 0 Å². The lowest BCUT2D eigenvalue weighted by atomic mass is 10.1. The number of aromatic nitrogens is 2. The van der Waals surface area contributed by atoms with Crippen LogP contribution < -0.4 is 15.5 Å². The van der Waals surface area contributed by atoms with Crippen LogP contribution >= 0.6 is 24.0 Å². The van der Waals surface area contributed by atoms with Crippen molar-refractivity contribution in [3.63, 3.8) is 0 Å². The number of nitrogens with zero attached hydrogens (tertiary/aromatic N) is 4. The molecule has 0 radical (unpaired) electrons. The van der Waals surface area contributed by atoms with Gasteiger partial charge in [0.2, 0.25) is 0 Å². The van der Waals surface area contributed by atoms with Crippen molar-refractivity contribution in [3.05, 3.63) is 41.2 Å². The van der Waals surface area contributed by atoms with Crippen molar-refractivity contribution in [2.45, 2.75) is 39.7 Å². The number of hydrogen-bond acceptors (Lipinski definition) is 5. The van der Waals surface area contributed by atoms with E-state index in [0.717, 1.165) is 48.9 Å². The fraction of sp³-hybridized carbons (Fsp3) is 0.526. The van der Waals surface area contributed by atoms with Gasteiger partial charge in [-0.15, -0.1) is 24.0 Å². The largest absolute Gasteiger partial charge is 0.361 e. The van der Waals surface area contributed by atoms with Gasteiger partial charge in [0.15, 0.2) is 17.6 Å². The summed E-state index contributed by atoms with van der Waals surface area (Å²) in [6.45, 7) is 8.79.